The van der Waals surface area contributed by atoms with Gasteiger partial charge in [0.2, 0.25) is 5.91 Å². The van der Waals surface area contributed by atoms with E-state index in [1.54, 1.807) is 6.08 Å². The number of amides is 1. The van der Waals surface area contributed by atoms with Crippen LogP contribution in [-0.2, 0) is 28.9 Å². The molecule has 1 heterocycles. The summed E-state index contributed by atoms with van der Waals surface area (Å²) in [5.41, 5.74) is 0. The maximum atomic E-state index is 12.9. The predicted molar refractivity (Wildman–Crippen MR) is 177 cm³/mol. The Balaban J connectivity index is 2.84. The molecule has 7 N–H and O–H groups in total. The summed E-state index contributed by atoms with van der Waals surface area (Å²) in [6.45, 7) is 2.95. The van der Waals surface area contributed by atoms with Crippen LogP contribution < -0.4 is 5.32 Å². The van der Waals surface area contributed by atoms with Crippen molar-refractivity contribution >= 4 is 16.3 Å². The average Bonchev–Trinajstić information content (AvgIpc) is 3.03. The normalized spacial score (nSPS) is 24.3. The quantitative estimate of drug-likeness (QED) is 0.0396. The molecule has 1 aliphatic rings. The van der Waals surface area contributed by atoms with E-state index in [2.05, 4.69) is 41.6 Å². The summed E-state index contributed by atoms with van der Waals surface area (Å²) in [6.07, 6.45) is 13.0. The van der Waals surface area contributed by atoms with Gasteiger partial charge in [0.05, 0.1) is 25.4 Å². The molecule has 1 saturated heterocycles. The lowest BCUT2D eigenvalue weighted by molar-refractivity contribution is -0.298. The number of hydrogen-bond donors (Lipinski definition) is 7. The minimum absolute atomic E-state index is 0.232. The van der Waals surface area contributed by atoms with Gasteiger partial charge in [-0.15, -0.1) is 0 Å². The Kier molecular flexibility index (Phi) is 23.3. The van der Waals surface area contributed by atoms with E-state index >= 15 is 0 Å². The lowest BCUT2D eigenvalue weighted by Crippen LogP contribution is -2.61. The fourth-order valence-electron chi connectivity index (χ4n) is 5.03. The largest absolute Gasteiger partial charge is 0.397 e. The van der Waals surface area contributed by atoms with Crippen molar-refractivity contribution in [3.05, 3.63) is 36.5 Å². The van der Waals surface area contributed by atoms with E-state index in [9.17, 15) is 38.7 Å². The monoisotopic (exact) mass is 693 g/mol. The van der Waals surface area contributed by atoms with Crippen molar-refractivity contribution in [1.29, 1.82) is 0 Å². The number of hydrogen-bond acceptors (Lipinski definition) is 11. The molecule has 0 aliphatic carbocycles. The highest BCUT2D eigenvalue weighted by Crippen LogP contribution is 2.26. The molecule has 8 unspecified atom stereocenters. The van der Waals surface area contributed by atoms with Crippen molar-refractivity contribution in [1.82, 2.24) is 5.32 Å². The van der Waals surface area contributed by atoms with Crippen LogP contribution in [0.3, 0.4) is 0 Å². The molecule has 13 nitrogen and oxygen atoms in total. The minimum atomic E-state index is -5.11. The zero-order valence-corrected chi connectivity index (χ0v) is 28.8. The number of allylic oxidation sites excluding steroid dienone is 5. The van der Waals surface area contributed by atoms with Crippen LogP contribution in [0.4, 0.5) is 0 Å². The fraction of sp³-hybridized carbons (Fsp3) is 0.788. The Labute approximate surface area is 280 Å². The first-order valence-electron chi connectivity index (χ1n) is 17.0. The van der Waals surface area contributed by atoms with Crippen molar-refractivity contribution < 1.29 is 57.0 Å². The van der Waals surface area contributed by atoms with Gasteiger partial charge >= 0.3 is 10.4 Å². The lowest BCUT2D eigenvalue weighted by Gasteiger charge is -2.41. The molecular weight excluding hydrogens is 634 g/mol. The van der Waals surface area contributed by atoms with Crippen LogP contribution in [0.25, 0.3) is 0 Å². The number of aliphatic hydroxyl groups excluding tert-OH is 5. The number of nitrogens with one attached hydrogen (secondary N) is 1. The molecule has 8 atom stereocenters. The Morgan fingerprint density at radius 1 is 0.872 bits per heavy atom. The number of unbranched alkanes of at least 4 members (excludes halogenated alkanes) is 9. The highest BCUT2D eigenvalue weighted by molar-refractivity contribution is 7.80. The molecule has 0 aromatic carbocycles. The van der Waals surface area contributed by atoms with Crippen molar-refractivity contribution in [2.24, 2.45) is 0 Å². The van der Waals surface area contributed by atoms with Gasteiger partial charge in [0.1, 0.15) is 30.5 Å². The highest BCUT2D eigenvalue weighted by atomic mass is 32.3. The molecule has 47 heavy (non-hydrogen) atoms. The Morgan fingerprint density at radius 3 is 2.02 bits per heavy atom. The molecule has 0 saturated carbocycles. The SMILES string of the molecule is CC/C=C/CC/C=C/CC/C=C/C(O)C(COC1OC(CO)C(O)C(OS(=O)(=O)O)C1O)NC(=O)C(O)CCCCCCCCCC. The summed E-state index contributed by atoms with van der Waals surface area (Å²) in [4.78, 5) is 12.9. The Morgan fingerprint density at radius 2 is 1.45 bits per heavy atom. The first-order valence-corrected chi connectivity index (χ1v) is 18.3. The first-order chi connectivity index (χ1) is 22.4. The number of carbonyl (C=O) groups is 1. The Bertz CT molecular complexity index is 1020. The molecule has 1 rings (SSSR count). The van der Waals surface area contributed by atoms with Gasteiger partial charge in [0.25, 0.3) is 0 Å². The van der Waals surface area contributed by atoms with Gasteiger partial charge < -0.3 is 40.3 Å². The number of aliphatic hydroxyl groups is 5. The first kappa shape index (κ1) is 43.3. The van der Waals surface area contributed by atoms with Gasteiger partial charge in [-0.05, 0) is 38.5 Å². The topological polar surface area (TPSA) is 212 Å². The van der Waals surface area contributed by atoms with Gasteiger partial charge in [-0.2, -0.15) is 8.42 Å². The van der Waals surface area contributed by atoms with Crippen molar-refractivity contribution in [2.45, 2.75) is 153 Å². The fourth-order valence-corrected chi connectivity index (χ4v) is 5.53. The van der Waals surface area contributed by atoms with E-state index in [1.807, 2.05) is 6.08 Å². The van der Waals surface area contributed by atoms with Crippen LogP contribution in [0, 0.1) is 0 Å². The molecule has 274 valence electrons. The molecule has 14 heteroatoms. The summed E-state index contributed by atoms with van der Waals surface area (Å²) in [5, 5.41) is 54.4. The standard InChI is InChI=1S/C33H59NO12S/c1-3-5-7-9-11-13-14-16-17-19-21-26(36)25(34-32(40)27(37)22-20-18-15-12-10-8-6-4-2)24-44-33-30(39)31(46-47(41,42)43)29(38)28(23-35)45-33/h5,7,13-14,19,21,25-31,33,35-39H,3-4,6,8-12,15-18,20,22-24H2,1-2H3,(H,34,40)(H,41,42,43)/b7-5+,14-13+,21-19+. The zero-order valence-electron chi connectivity index (χ0n) is 27.9. The summed E-state index contributed by atoms with van der Waals surface area (Å²) < 4.78 is 47.0. The summed E-state index contributed by atoms with van der Waals surface area (Å²) in [5.74, 6) is -0.726. The van der Waals surface area contributed by atoms with Crippen molar-refractivity contribution in [2.75, 3.05) is 13.2 Å². The molecule has 1 amide bonds. The molecule has 1 fully saturated rings. The molecule has 0 bridgehead atoms. The Hall–Kier alpha value is -1.72. The molecular formula is C33H59NO12S. The third kappa shape index (κ3) is 19.2. The van der Waals surface area contributed by atoms with Crippen LogP contribution >= 0.6 is 0 Å². The van der Waals surface area contributed by atoms with E-state index in [-0.39, 0.29) is 6.42 Å². The smallest absolute Gasteiger partial charge is 0.394 e. The van der Waals surface area contributed by atoms with Crippen LogP contribution in [0.1, 0.15) is 104 Å². The highest BCUT2D eigenvalue weighted by Gasteiger charge is 2.48. The molecule has 0 radical (unpaired) electrons. The predicted octanol–water partition coefficient (Wildman–Crippen LogP) is 3.01. The summed E-state index contributed by atoms with van der Waals surface area (Å²) >= 11 is 0. The summed E-state index contributed by atoms with van der Waals surface area (Å²) in [6, 6.07) is -1.14. The summed E-state index contributed by atoms with van der Waals surface area (Å²) in [7, 11) is -5.11. The zero-order chi connectivity index (χ0) is 35.1. The van der Waals surface area contributed by atoms with Gasteiger partial charge in [0, 0.05) is 0 Å². The van der Waals surface area contributed by atoms with E-state index in [0.717, 1.165) is 51.4 Å². The third-order valence-corrected chi connectivity index (χ3v) is 8.24. The second kappa shape index (κ2) is 25.3. The van der Waals surface area contributed by atoms with E-state index in [4.69, 9.17) is 14.0 Å². The van der Waals surface area contributed by atoms with Gasteiger partial charge in [-0.3, -0.25) is 9.35 Å². The maximum absolute atomic E-state index is 12.9. The third-order valence-electron chi connectivity index (χ3n) is 7.77. The molecule has 1 aliphatic heterocycles. The second-order valence-corrected chi connectivity index (χ2v) is 12.9. The minimum Gasteiger partial charge on any atom is -0.394 e. The van der Waals surface area contributed by atoms with Gasteiger partial charge in [-0.1, -0.05) is 102 Å². The van der Waals surface area contributed by atoms with E-state index in [1.165, 1.54) is 25.3 Å². The van der Waals surface area contributed by atoms with Crippen LogP contribution in [-0.4, -0.2) is 107 Å². The number of ether oxygens (including phenoxy) is 2. The lowest BCUT2D eigenvalue weighted by atomic mass is 9.99. The molecule has 0 aromatic heterocycles. The van der Waals surface area contributed by atoms with Gasteiger partial charge in [-0.25, -0.2) is 4.18 Å². The molecule has 0 spiro atoms. The molecule has 0 aromatic rings. The second-order valence-electron chi connectivity index (χ2n) is 11.8. The van der Waals surface area contributed by atoms with E-state index < -0.39 is 78.5 Å². The van der Waals surface area contributed by atoms with Gasteiger partial charge in [0.15, 0.2) is 6.29 Å². The number of rotatable bonds is 26. The maximum Gasteiger partial charge on any atom is 0.397 e. The van der Waals surface area contributed by atoms with Crippen LogP contribution in [0.15, 0.2) is 36.5 Å². The van der Waals surface area contributed by atoms with Crippen molar-refractivity contribution in [3.63, 3.8) is 0 Å². The van der Waals surface area contributed by atoms with E-state index in [0.29, 0.717) is 12.8 Å². The van der Waals surface area contributed by atoms with Crippen LogP contribution in [0.5, 0.6) is 0 Å². The van der Waals surface area contributed by atoms with Crippen LogP contribution in [0.2, 0.25) is 0 Å². The van der Waals surface area contributed by atoms with Crippen molar-refractivity contribution in [3.8, 4) is 0 Å². The number of carbonyl (C=O) groups excluding carboxylic acids is 1. The average molecular weight is 694 g/mol.